The summed E-state index contributed by atoms with van der Waals surface area (Å²) in [5, 5.41) is 4.37. The molecule has 3 N–H and O–H groups in total. The number of aryl methyl sites for hydroxylation is 2. The normalized spacial score (nSPS) is 15.5. The average Bonchev–Trinajstić information content (AvgIpc) is 2.60. The van der Waals surface area contributed by atoms with Crippen LogP contribution in [0.5, 0.6) is 0 Å². The van der Waals surface area contributed by atoms with Crippen molar-refractivity contribution in [3.63, 3.8) is 0 Å². The Morgan fingerprint density at radius 1 is 1.47 bits per heavy atom. The van der Waals surface area contributed by atoms with E-state index in [2.05, 4.69) is 37.4 Å². The molecule has 0 saturated carbocycles. The van der Waals surface area contributed by atoms with Gasteiger partial charge in [0.05, 0.1) is 17.8 Å². The van der Waals surface area contributed by atoms with Crippen molar-refractivity contribution in [1.29, 1.82) is 0 Å². The molecule has 0 amide bonds. The molecule has 1 heterocycles. The highest BCUT2D eigenvalue weighted by Crippen LogP contribution is 2.26. The molecule has 5 nitrogen and oxygen atoms in total. The first-order valence-corrected chi connectivity index (χ1v) is 6.86. The number of nitrogens with zero attached hydrogens (tertiary/aromatic N) is 2. The topological polar surface area (TPSA) is 65.1 Å². The maximum absolute atomic E-state index is 5.91. The van der Waals surface area contributed by atoms with E-state index in [9.17, 15) is 0 Å². The third-order valence-electron chi connectivity index (χ3n) is 3.31. The Bertz CT molecular complexity index is 395. The van der Waals surface area contributed by atoms with Crippen LogP contribution in [0.4, 0.5) is 0 Å². The van der Waals surface area contributed by atoms with Crippen molar-refractivity contribution in [2.45, 2.75) is 53.2 Å². The smallest absolute Gasteiger partial charge is 0.0793 e. The fourth-order valence-electron chi connectivity index (χ4n) is 2.48. The van der Waals surface area contributed by atoms with Crippen molar-refractivity contribution < 1.29 is 4.74 Å². The van der Waals surface area contributed by atoms with E-state index in [4.69, 9.17) is 10.6 Å². The van der Waals surface area contributed by atoms with E-state index in [0.29, 0.717) is 6.61 Å². The molecule has 0 fully saturated rings. The first-order chi connectivity index (χ1) is 8.79. The van der Waals surface area contributed by atoms with Gasteiger partial charge in [-0.2, -0.15) is 5.10 Å². The molecule has 2 atom stereocenters. The first kappa shape index (κ1) is 16.1. The van der Waals surface area contributed by atoms with Crippen molar-refractivity contribution in [2.24, 2.45) is 18.3 Å². The number of rotatable bonds is 6. The third kappa shape index (κ3) is 4.30. The zero-order valence-electron chi connectivity index (χ0n) is 13.0. The van der Waals surface area contributed by atoms with Crippen LogP contribution in [0.3, 0.4) is 0 Å². The zero-order chi connectivity index (χ0) is 14.6. The van der Waals surface area contributed by atoms with Gasteiger partial charge in [0.2, 0.25) is 0 Å². The number of nitrogens with one attached hydrogen (secondary N) is 1. The van der Waals surface area contributed by atoms with E-state index in [1.54, 1.807) is 0 Å². The fraction of sp³-hybridized carbons (Fsp3) is 0.786. The highest BCUT2D eigenvalue weighted by Gasteiger charge is 2.33. The molecule has 19 heavy (non-hydrogen) atoms. The second kappa shape index (κ2) is 6.50. The summed E-state index contributed by atoms with van der Waals surface area (Å²) in [5.74, 6) is 5.75. The Balaban J connectivity index is 2.89. The van der Waals surface area contributed by atoms with Crippen LogP contribution < -0.4 is 11.3 Å². The number of nitrogens with two attached hydrogens (primary N) is 1. The fourth-order valence-corrected chi connectivity index (χ4v) is 2.48. The molecule has 0 aromatic carbocycles. The summed E-state index contributed by atoms with van der Waals surface area (Å²) in [4.78, 5) is 0. The number of aromatic nitrogens is 2. The largest absolute Gasteiger partial charge is 0.376 e. The van der Waals surface area contributed by atoms with Crippen LogP contribution in [-0.4, -0.2) is 28.5 Å². The van der Waals surface area contributed by atoms with E-state index in [0.717, 1.165) is 17.8 Å². The van der Waals surface area contributed by atoms with Gasteiger partial charge in [0.15, 0.2) is 0 Å². The highest BCUT2D eigenvalue weighted by atomic mass is 16.5. The number of ether oxygens (including phenoxy) is 1. The zero-order valence-corrected chi connectivity index (χ0v) is 13.0. The summed E-state index contributed by atoms with van der Waals surface area (Å²) in [6.45, 7) is 11.2. The molecule has 110 valence electrons. The second-order valence-corrected chi connectivity index (χ2v) is 6.12. The maximum atomic E-state index is 5.91. The van der Waals surface area contributed by atoms with Gasteiger partial charge in [0.1, 0.15) is 0 Å². The summed E-state index contributed by atoms with van der Waals surface area (Å²) in [6, 6.07) is 2.16. The minimum Gasteiger partial charge on any atom is -0.376 e. The van der Waals surface area contributed by atoms with Crippen LogP contribution in [0.1, 0.15) is 39.1 Å². The van der Waals surface area contributed by atoms with Crippen LogP contribution >= 0.6 is 0 Å². The van der Waals surface area contributed by atoms with Crippen molar-refractivity contribution in [3.8, 4) is 0 Å². The molecular formula is C14H28N4O. The van der Waals surface area contributed by atoms with Crippen LogP contribution in [0.2, 0.25) is 0 Å². The summed E-state index contributed by atoms with van der Waals surface area (Å²) in [7, 11) is 1.96. The molecule has 2 unspecified atom stereocenters. The van der Waals surface area contributed by atoms with E-state index in [1.165, 1.54) is 0 Å². The van der Waals surface area contributed by atoms with E-state index >= 15 is 0 Å². The highest BCUT2D eigenvalue weighted by molar-refractivity contribution is 5.11. The molecule has 0 aliphatic carbocycles. The third-order valence-corrected chi connectivity index (χ3v) is 3.31. The van der Waals surface area contributed by atoms with Crippen molar-refractivity contribution in [1.82, 2.24) is 15.2 Å². The van der Waals surface area contributed by atoms with E-state index in [1.807, 2.05) is 25.6 Å². The molecule has 0 bridgehead atoms. The number of hydrogen-bond donors (Lipinski definition) is 2. The van der Waals surface area contributed by atoms with Crippen LogP contribution in [0, 0.1) is 12.3 Å². The SMILES string of the molecule is CCOC(C(Cc1cc(C)nn1C)NN)C(C)(C)C. The summed E-state index contributed by atoms with van der Waals surface area (Å²) in [5.41, 5.74) is 5.13. The molecular weight excluding hydrogens is 240 g/mol. The summed E-state index contributed by atoms with van der Waals surface area (Å²) in [6.07, 6.45) is 0.855. The van der Waals surface area contributed by atoms with Gasteiger partial charge in [0.25, 0.3) is 0 Å². The van der Waals surface area contributed by atoms with Gasteiger partial charge in [-0.3, -0.25) is 16.0 Å². The standard InChI is InChI=1S/C14H28N4O/c1-7-19-13(14(3,4)5)12(16-15)9-11-8-10(2)17-18(11)6/h8,12-13,16H,7,9,15H2,1-6H3. The molecule has 1 aromatic heterocycles. The Morgan fingerprint density at radius 2 is 2.11 bits per heavy atom. The minimum atomic E-state index is 0.0285. The van der Waals surface area contributed by atoms with E-state index < -0.39 is 0 Å². The lowest BCUT2D eigenvalue weighted by Crippen LogP contribution is -2.52. The first-order valence-electron chi connectivity index (χ1n) is 6.86. The Hall–Kier alpha value is -0.910. The summed E-state index contributed by atoms with van der Waals surface area (Å²) >= 11 is 0. The molecule has 0 aliphatic rings. The Morgan fingerprint density at radius 3 is 2.47 bits per heavy atom. The second-order valence-electron chi connectivity index (χ2n) is 6.12. The molecule has 5 heteroatoms. The molecule has 1 rings (SSSR count). The average molecular weight is 268 g/mol. The lowest BCUT2D eigenvalue weighted by Gasteiger charge is -2.36. The Kier molecular flexibility index (Phi) is 5.52. The number of hydrogen-bond acceptors (Lipinski definition) is 4. The lowest BCUT2D eigenvalue weighted by atomic mass is 9.83. The van der Waals surface area contributed by atoms with Crippen LogP contribution in [0.15, 0.2) is 6.07 Å². The minimum absolute atomic E-state index is 0.0285. The molecule has 1 aromatic rings. The van der Waals surface area contributed by atoms with Crippen LogP contribution in [0.25, 0.3) is 0 Å². The van der Waals surface area contributed by atoms with Crippen molar-refractivity contribution in [3.05, 3.63) is 17.5 Å². The predicted octanol–water partition coefficient (Wildman–Crippen LogP) is 1.55. The van der Waals surface area contributed by atoms with Gasteiger partial charge in [0, 0.05) is 25.8 Å². The quantitative estimate of drug-likeness (QED) is 0.607. The van der Waals surface area contributed by atoms with Gasteiger partial charge in [-0.25, -0.2) is 0 Å². The van der Waals surface area contributed by atoms with Crippen LogP contribution in [-0.2, 0) is 18.2 Å². The van der Waals surface area contributed by atoms with E-state index in [-0.39, 0.29) is 17.6 Å². The maximum Gasteiger partial charge on any atom is 0.0793 e. The van der Waals surface area contributed by atoms with Gasteiger partial charge in [-0.1, -0.05) is 20.8 Å². The van der Waals surface area contributed by atoms with Crippen molar-refractivity contribution in [2.75, 3.05) is 6.61 Å². The Labute approximate surface area is 116 Å². The summed E-state index contributed by atoms with van der Waals surface area (Å²) < 4.78 is 7.81. The van der Waals surface area contributed by atoms with Gasteiger partial charge < -0.3 is 4.74 Å². The lowest BCUT2D eigenvalue weighted by molar-refractivity contribution is -0.0359. The van der Waals surface area contributed by atoms with Crippen molar-refractivity contribution >= 4 is 0 Å². The van der Waals surface area contributed by atoms with Gasteiger partial charge in [-0.15, -0.1) is 0 Å². The molecule has 0 radical (unpaired) electrons. The monoisotopic (exact) mass is 268 g/mol. The van der Waals surface area contributed by atoms with Gasteiger partial charge in [-0.05, 0) is 25.3 Å². The molecule has 0 aliphatic heterocycles. The number of hydrazine groups is 1. The predicted molar refractivity (Wildman–Crippen MR) is 77.6 cm³/mol. The molecule has 0 spiro atoms. The molecule has 0 saturated heterocycles. The van der Waals surface area contributed by atoms with Gasteiger partial charge >= 0.3 is 0 Å².